The normalized spacial score (nSPS) is 28.2. The second-order valence-electron chi connectivity index (χ2n) is 7.82. The molecule has 1 saturated carbocycles. The van der Waals surface area contributed by atoms with Crippen LogP contribution < -0.4 is 5.32 Å². The van der Waals surface area contributed by atoms with Crippen LogP contribution in [0.5, 0.6) is 0 Å². The molecule has 126 valence electrons. The maximum Gasteiger partial charge on any atom is 0.0480 e. The molecule has 1 atom stereocenters. The molecule has 0 aromatic carbocycles. The molecule has 0 spiro atoms. The number of hydrogen-bond acceptors (Lipinski definition) is 2. The van der Waals surface area contributed by atoms with Crippen molar-refractivity contribution in [3.63, 3.8) is 0 Å². The van der Waals surface area contributed by atoms with Gasteiger partial charge in [-0.3, -0.25) is 4.90 Å². The Morgan fingerprint density at radius 3 is 2.82 bits per heavy atom. The Morgan fingerprint density at radius 2 is 2.05 bits per heavy atom. The van der Waals surface area contributed by atoms with Gasteiger partial charge in [0.25, 0.3) is 0 Å². The highest BCUT2D eigenvalue weighted by Crippen LogP contribution is 2.28. The first-order chi connectivity index (χ1) is 10.7. The lowest BCUT2D eigenvalue weighted by Crippen LogP contribution is -2.52. The molecule has 2 fully saturated rings. The van der Waals surface area contributed by atoms with Gasteiger partial charge in [0.1, 0.15) is 0 Å². The number of nitrogens with zero attached hydrogens (tertiary/aromatic N) is 1. The fourth-order valence-corrected chi connectivity index (χ4v) is 4.16. The van der Waals surface area contributed by atoms with Crippen molar-refractivity contribution in [2.24, 2.45) is 11.3 Å². The van der Waals surface area contributed by atoms with Crippen LogP contribution in [0.3, 0.4) is 0 Å². The van der Waals surface area contributed by atoms with Gasteiger partial charge in [-0.05, 0) is 30.7 Å². The summed E-state index contributed by atoms with van der Waals surface area (Å²) < 4.78 is 0. The lowest BCUT2D eigenvalue weighted by atomic mass is 9.84. The van der Waals surface area contributed by atoms with E-state index in [0.717, 1.165) is 25.6 Å². The van der Waals surface area contributed by atoms with Crippen molar-refractivity contribution >= 4 is 0 Å². The quantitative estimate of drug-likeness (QED) is 0.515. The third kappa shape index (κ3) is 6.26. The minimum Gasteiger partial charge on any atom is -0.304 e. The van der Waals surface area contributed by atoms with Crippen molar-refractivity contribution in [3.05, 3.63) is 24.8 Å². The van der Waals surface area contributed by atoms with Gasteiger partial charge in [0.2, 0.25) is 0 Å². The molecular formula is C20H36N2. The first-order valence-electron chi connectivity index (χ1n) is 9.42. The van der Waals surface area contributed by atoms with Gasteiger partial charge in [-0.15, -0.1) is 0 Å². The fraction of sp³-hybridized carbons (Fsp3) is 0.800. The van der Waals surface area contributed by atoms with E-state index in [2.05, 4.69) is 35.9 Å². The molecule has 22 heavy (non-hydrogen) atoms. The first-order valence-corrected chi connectivity index (χ1v) is 9.42. The van der Waals surface area contributed by atoms with Gasteiger partial charge in [0.05, 0.1) is 0 Å². The van der Waals surface area contributed by atoms with Crippen molar-refractivity contribution in [2.45, 2.75) is 64.7 Å². The molecule has 1 aliphatic carbocycles. The van der Waals surface area contributed by atoms with Crippen molar-refractivity contribution in [1.82, 2.24) is 10.2 Å². The highest BCUT2D eigenvalue weighted by Gasteiger charge is 2.29. The van der Waals surface area contributed by atoms with Crippen LogP contribution in [-0.4, -0.2) is 31.2 Å². The van der Waals surface area contributed by atoms with Gasteiger partial charge in [-0.25, -0.2) is 0 Å². The van der Waals surface area contributed by atoms with Crippen LogP contribution in [0.2, 0.25) is 0 Å². The summed E-state index contributed by atoms with van der Waals surface area (Å²) in [5.74, 6) is 1.04. The van der Waals surface area contributed by atoms with Crippen LogP contribution in [0.15, 0.2) is 24.8 Å². The highest BCUT2D eigenvalue weighted by atomic mass is 15.2. The van der Waals surface area contributed by atoms with E-state index < -0.39 is 0 Å². The topological polar surface area (TPSA) is 15.3 Å². The van der Waals surface area contributed by atoms with E-state index in [-0.39, 0.29) is 0 Å². The monoisotopic (exact) mass is 304 g/mol. The minimum atomic E-state index is 0.376. The van der Waals surface area contributed by atoms with Gasteiger partial charge in [0, 0.05) is 19.8 Å². The predicted octanol–water partition coefficient (Wildman–Crippen LogP) is 4.74. The lowest BCUT2D eigenvalue weighted by molar-refractivity contribution is 0.100. The van der Waals surface area contributed by atoms with Crippen molar-refractivity contribution in [3.8, 4) is 0 Å². The summed E-state index contributed by atoms with van der Waals surface area (Å²) in [6.07, 6.45) is 19.1. The minimum absolute atomic E-state index is 0.376. The van der Waals surface area contributed by atoms with E-state index in [9.17, 15) is 0 Å². The maximum absolute atomic E-state index is 3.76. The van der Waals surface area contributed by atoms with E-state index in [0.29, 0.717) is 5.41 Å². The number of allylic oxidation sites excluding steroid dienone is 3. The molecule has 2 heteroatoms. The second kappa shape index (κ2) is 9.52. The summed E-state index contributed by atoms with van der Waals surface area (Å²) in [6, 6.07) is 0. The van der Waals surface area contributed by atoms with Crippen LogP contribution in [0.1, 0.15) is 64.7 Å². The zero-order valence-corrected chi connectivity index (χ0v) is 14.7. The lowest BCUT2D eigenvalue weighted by Gasteiger charge is -2.40. The summed E-state index contributed by atoms with van der Waals surface area (Å²) in [4.78, 5) is 2.62. The number of nitrogens with one attached hydrogen (secondary N) is 1. The Labute approximate surface area is 138 Å². The molecule has 1 unspecified atom stereocenters. The SMILES string of the molecule is C=C/C=C\CC1(C)CNCN(CCCCC2CCCCC2)C1. The Kier molecular flexibility index (Phi) is 7.68. The molecule has 0 aromatic heterocycles. The van der Waals surface area contributed by atoms with E-state index in [1.54, 1.807) is 0 Å². The molecule has 2 rings (SSSR count). The molecule has 2 aliphatic rings. The van der Waals surface area contributed by atoms with Crippen LogP contribution in [-0.2, 0) is 0 Å². The van der Waals surface area contributed by atoms with Crippen molar-refractivity contribution < 1.29 is 0 Å². The average Bonchev–Trinajstić information content (AvgIpc) is 2.53. The maximum atomic E-state index is 3.76. The second-order valence-corrected chi connectivity index (χ2v) is 7.82. The van der Waals surface area contributed by atoms with Gasteiger partial charge < -0.3 is 5.32 Å². The summed E-state index contributed by atoms with van der Waals surface area (Å²) in [5.41, 5.74) is 0.376. The molecule has 0 amide bonds. The highest BCUT2D eigenvalue weighted by molar-refractivity contribution is 5.01. The van der Waals surface area contributed by atoms with Gasteiger partial charge in [0.15, 0.2) is 0 Å². The zero-order valence-electron chi connectivity index (χ0n) is 14.7. The molecule has 1 N–H and O–H groups in total. The van der Waals surface area contributed by atoms with Crippen molar-refractivity contribution in [1.29, 1.82) is 0 Å². The molecule has 1 heterocycles. The molecule has 0 radical (unpaired) electrons. The van der Waals surface area contributed by atoms with Crippen molar-refractivity contribution in [2.75, 3.05) is 26.3 Å². The van der Waals surface area contributed by atoms with Gasteiger partial charge >= 0.3 is 0 Å². The molecule has 1 saturated heterocycles. The molecular weight excluding hydrogens is 268 g/mol. The molecule has 0 bridgehead atoms. The first kappa shape index (κ1) is 17.7. The fourth-order valence-electron chi connectivity index (χ4n) is 4.16. The Morgan fingerprint density at radius 1 is 1.23 bits per heavy atom. The van der Waals surface area contributed by atoms with Crippen LogP contribution >= 0.6 is 0 Å². The van der Waals surface area contributed by atoms with Crippen LogP contribution in [0.25, 0.3) is 0 Å². The van der Waals surface area contributed by atoms with Gasteiger partial charge in [-0.1, -0.05) is 76.7 Å². The number of hydrogen-bond donors (Lipinski definition) is 1. The summed E-state index contributed by atoms with van der Waals surface area (Å²) >= 11 is 0. The summed E-state index contributed by atoms with van der Waals surface area (Å²) in [6.45, 7) is 10.9. The third-order valence-corrected chi connectivity index (χ3v) is 5.44. The van der Waals surface area contributed by atoms with E-state index in [1.807, 2.05) is 6.08 Å². The van der Waals surface area contributed by atoms with Crippen LogP contribution in [0, 0.1) is 11.3 Å². The standard InChI is InChI=1S/C20H36N2/c1-3-4-9-14-20(2)16-21-18-22(17-20)15-10-8-13-19-11-6-5-7-12-19/h3-4,9,19,21H,1,5-8,10-18H2,2H3/b9-4-. The smallest absolute Gasteiger partial charge is 0.0480 e. The van der Waals surface area contributed by atoms with E-state index >= 15 is 0 Å². The van der Waals surface area contributed by atoms with E-state index in [1.165, 1.54) is 64.5 Å². The largest absolute Gasteiger partial charge is 0.304 e. The number of unbranched alkanes of at least 4 members (excludes halogenated alkanes) is 1. The third-order valence-electron chi connectivity index (χ3n) is 5.44. The average molecular weight is 305 g/mol. The number of rotatable bonds is 8. The molecule has 0 aromatic rings. The predicted molar refractivity (Wildman–Crippen MR) is 96.9 cm³/mol. The Hall–Kier alpha value is -0.600. The van der Waals surface area contributed by atoms with Gasteiger partial charge in [-0.2, -0.15) is 0 Å². The zero-order chi connectivity index (χ0) is 15.7. The molecule has 2 nitrogen and oxygen atoms in total. The summed E-state index contributed by atoms with van der Waals surface area (Å²) in [7, 11) is 0. The Bertz CT molecular complexity index is 344. The Balaban J connectivity index is 1.62. The molecule has 1 aliphatic heterocycles. The van der Waals surface area contributed by atoms with Crippen LogP contribution in [0.4, 0.5) is 0 Å². The summed E-state index contributed by atoms with van der Waals surface area (Å²) in [5, 5.41) is 3.61. The van der Waals surface area contributed by atoms with E-state index in [4.69, 9.17) is 0 Å².